The zero-order chi connectivity index (χ0) is 14.3. The SMILES string of the molecule is CC1CS(=O)(=O)CCN1c1nc(Cl)nc2ccccc12. The number of hydrogen-bond donors (Lipinski definition) is 0. The van der Waals surface area contributed by atoms with Gasteiger partial charge >= 0.3 is 0 Å². The maximum atomic E-state index is 11.7. The summed E-state index contributed by atoms with van der Waals surface area (Å²) in [5, 5.41) is 1.07. The van der Waals surface area contributed by atoms with Gasteiger partial charge in [0.25, 0.3) is 0 Å². The van der Waals surface area contributed by atoms with Gasteiger partial charge in [0.1, 0.15) is 5.82 Å². The lowest BCUT2D eigenvalue weighted by Gasteiger charge is -2.34. The van der Waals surface area contributed by atoms with Gasteiger partial charge in [0, 0.05) is 18.0 Å². The second kappa shape index (κ2) is 4.86. The third-order valence-electron chi connectivity index (χ3n) is 3.50. The molecule has 0 N–H and O–H groups in total. The van der Waals surface area contributed by atoms with E-state index in [0.29, 0.717) is 12.4 Å². The number of para-hydroxylation sites is 1. The molecule has 3 rings (SSSR count). The summed E-state index contributed by atoms with van der Waals surface area (Å²) < 4.78 is 23.4. The number of benzene rings is 1. The summed E-state index contributed by atoms with van der Waals surface area (Å²) >= 11 is 5.98. The summed E-state index contributed by atoms with van der Waals surface area (Å²) in [7, 11) is -2.95. The average Bonchev–Trinajstić information content (AvgIpc) is 2.37. The Balaban J connectivity index is 2.10. The summed E-state index contributed by atoms with van der Waals surface area (Å²) in [6.45, 7) is 2.32. The van der Waals surface area contributed by atoms with Crippen LogP contribution in [-0.2, 0) is 9.84 Å². The highest BCUT2D eigenvalue weighted by atomic mass is 35.5. The molecule has 0 spiro atoms. The van der Waals surface area contributed by atoms with Gasteiger partial charge in [0.2, 0.25) is 5.28 Å². The lowest BCUT2D eigenvalue weighted by Crippen LogP contribution is -2.47. The molecule has 106 valence electrons. The fraction of sp³-hybridized carbons (Fsp3) is 0.385. The average molecular weight is 312 g/mol. The number of fused-ring (bicyclic) bond motifs is 1. The molecule has 1 atom stereocenters. The maximum absolute atomic E-state index is 11.7. The molecule has 1 aliphatic rings. The second-order valence-electron chi connectivity index (χ2n) is 4.99. The van der Waals surface area contributed by atoms with Gasteiger partial charge in [0.15, 0.2) is 9.84 Å². The van der Waals surface area contributed by atoms with Crippen LogP contribution in [0.4, 0.5) is 5.82 Å². The summed E-state index contributed by atoms with van der Waals surface area (Å²) in [5.74, 6) is 0.999. The van der Waals surface area contributed by atoms with Gasteiger partial charge in [0.05, 0.1) is 17.0 Å². The van der Waals surface area contributed by atoms with Crippen LogP contribution in [0, 0.1) is 0 Å². The van der Waals surface area contributed by atoms with Crippen molar-refractivity contribution in [2.24, 2.45) is 0 Å². The monoisotopic (exact) mass is 311 g/mol. The number of hydrogen-bond acceptors (Lipinski definition) is 5. The number of aromatic nitrogens is 2. The minimum atomic E-state index is -2.95. The molecule has 1 aromatic carbocycles. The van der Waals surface area contributed by atoms with Gasteiger partial charge < -0.3 is 4.90 Å². The first kappa shape index (κ1) is 13.6. The van der Waals surface area contributed by atoms with Crippen molar-refractivity contribution in [2.75, 3.05) is 23.0 Å². The van der Waals surface area contributed by atoms with Crippen molar-refractivity contribution in [1.82, 2.24) is 9.97 Å². The zero-order valence-electron chi connectivity index (χ0n) is 11.0. The van der Waals surface area contributed by atoms with E-state index in [1.165, 1.54) is 0 Å². The molecule has 1 saturated heterocycles. The van der Waals surface area contributed by atoms with Crippen LogP contribution in [0.2, 0.25) is 5.28 Å². The predicted molar refractivity (Wildman–Crippen MR) is 80.0 cm³/mol. The molecule has 0 amide bonds. The predicted octanol–water partition coefficient (Wildman–Crippen LogP) is 1.91. The Kier molecular flexibility index (Phi) is 3.30. The molecule has 2 aromatic rings. The van der Waals surface area contributed by atoms with E-state index >= 15 is 0 Å². The molecule has 0 saturated carbocycles. The van der Waals surface area contributed by atoms with Gasteiger partial charge in [-0.1, -0.05) is 12.1 Å². The van der Waals surface area contributed by atoms with Gasteiger partial charge in [-0.25, -0.2) is 13.4 Å². The van der Waals surface area contributed by atoms with Crippen LogP contribution in [-0.4, -0.2) is 42.5 Å². The highest BCUT2D eigenvalue weighted by Gasteiger charge is 2.30. The van der Waals surface area contributed by atoms with Crippen LogP contribution >= 0.6 is 11.6 Å². The third kappa shape index (κ3) is 2.45. The lowest BCUT2D eigenvalue weighted by atomic mass is 10.2. The van der Waals surface area contributed by atoms with E-state index < -0.39 is 9.84 Å². The van der Waals surface area contributed by atoms with E-state index in [9.17, 15) is 8.42 Å². The number of sulfone groups is 1. The van der Waals surface area contributed by atoms with E-state index in [1.54, 1.807) is 0 Å². The first-order valence-electron chi connectivity index (χ1n) is 6.36. The van der Waals surface area contributed by atoms with Crippen molar-refractivity contribution >= 4 is 38.2 Å². The first-order valence-corrected chi connectivity index (χ1v) is 8.55. The Morgan fingerprint density at radius 2 is 2.05 bits per heavy atom. The highest BCUT2D eigenvalue weighted by Crippen LogP contribution is 2.28. The van der Waals surface area contributed by atoms with E-state index in [-0.39, 0.29) is 22.8 Å². The molecule has 1 fully saturated rings. The minimum absolute atomic E-state index is 0.122. The maximum Gasteiger partial charge on any atom is 0.224 e. The second-order valence-corrected chi connectivity index (χ2v) is 7.56. The van der Waals surface area contributed by atoms with Crippen molar-refractivity contribution in [3.05, 3.63) is 29.5 Å². The van der Waals surface area contributed by atoms with Gasteiger partial charge in [-0.3, -0.25) is 0 Å². The molecular weight excluding hydrogens is 298 g/mol. The Morgan fingerprint density at radius 1 is 1.30 bits per heavy atom. The van der Waals surface area contributed by atoms with Crippen LogP contribution in [0.5, 0.6) is 0 Å². The highest BCUT2D eigenvalue weighted by molar-refractivity contribution is 7.91. The molecule has 0 bridgehead atoms. The summed E-state index contributed by atoms with van der Waals surface area (Å²) in [4.78, 5) is 10.5. The van der Waals surface area contributed by atoms with Crippen molar-refractivity contribution in [2.45, 2.75) is 13.0 Å². The summed E-state index contributed by atoms with van der Waals surface area (Å²) in [6.07, 6.45) is 0. The number of rotatable bonds is 1. The van der Waals surface area contributed by atoms with Crippen molar-refractivity contribution in [3.63, 3.8) is 0 Å². The van der Waals surface area contributed by atoms with Gasteiger partial charge in [-0.15, -0.1) is 0 Å². The van der Waals surface area contributed by atoms with Crippen molar-refractivity contribution < 1.29 is 8.42 Å². The number of halogens is 1. The van der Waals surface area contributed by atoms with Crippen LogP contribution < -0.4 is 4.90 Å². The molecule has 1 aliphatic heterocycles. The molecule has 20 heavy (non-hydrogen) atoms. The Bertz CT molecular complexity index is 763. The molecule has 5 nitrogen and oxygen atoms in total. The number of anilines is 1. The molecule has 7 heteroatoms. The molecule has 1 aromatic heterocycles. The molecule has 1 unspecified atom stereocenters. The van der Waals surface area contributed by atoms with Gasteiger partial charge in [-0.2, -0.15) is 4.98 Å². The van der Waals surface area contributed by atoms with Crippen molar-refractivity contribution in [3.8, 4) is 0 Å². The quantitative estimate of drug-likeness (QED) is 0.753. The Hall–Kier alpha value is -1.40. The van der Waals surface area contributed by atoms with Gasteiger partial charge in [-0.05, 0) is 30.7 Å². The fourth-order valence-corrected chi connectivity index (χ4v) is 4.29. The van der Waals surface area contributed by atoms with Crippen LogP contribution in [0.15, 0.2) is 24.3 Å². The molecule has 0 aliphatic carbocycles. The Labute approximate surface area is 122 Å². The van der Waals surface area contributed by atoms with Crippen LogP contribution in [0.25, 0.3) is 10.9 Å². The number of nitrogens with zero attached hydrogens (tertiary/aromatic N) is 3. The molecule has 0 radical (unpaired) electrons. The van der Waals surface area contributed by atoms with E-state index in [1.807, 2.05) is 36.1 Å². The van der Waals surface area contributed by atoms with E-state index in [2.05, 4.69) is 9.97 Å². The summed E-state index contributed by atoms with van der Waals surface area (Å²) in [6, 6.07) is 7.48. The van der Waals surface area contributed by atoms with Crippen LogP contribution in [0.3, 0.4) is 0 Å². The summed E-state index contributed by atoms with van der Waals surface area (Å²) in [5.41, 5.74) is 0.767. The zero-order valence-corrected chi connectivity index (χ0v) is 12.5. The molecule has 2 heterocycles. The topological polar surface area (TPSA) is 63.2 Å². The third-order valence-corrected chi connectivity index (χ3v) is 5.46. The minimum Gasteiger partial charge on any atom is -0.351 e. The standard InChI is InChI=1S/C13H14ClN3O2S/c1-9-8-20(18,19)7-6-17(9)12-10-4-2-3-5-11(10)15-13(14)16-12/h2-5,9H,6-8H2,1H3. The van der Waals surface area contributed by atoms with E-state index in [0.717, 1.165) is 10.9 Å². The van der Waals surface area contributed by atoms with Crippen molar-refractivity contribution in [1.29, 1.82) is 0 Å². The largest absolute Gasteiger partial charge is 0.351 e. The normalized spacial score (nSPS) is 22.1. The Morgan fingerprint density at radius 3 is 2.80 bits per heavy atom. The fourth-order valence-electron chi connectivity index (χ4n) is 2.56. The van der Waals surface area contributed by atoms with Crippen LogP contribution in [0.1, 0.15) is 6.92 Å². The lowest BCUT2D eigenvalue weighted by molar-refractivity contribution is 0.567. The molecular formula is C13H14ClN3O2S. The smallest absolute Gasteiger partial charge is 0.224 e. The first-order chi connectivity index (χ1) is 9.46. The van der Waals surface area contributed by atoms with E-state index in [4.69, 9.17) is 11.6 Å².